The maximum Gasteiger partial charge on any atom is 0.226 e. The number of nitrogens with zero attached hydrogens (tertiary/aromatic N) is 3. The van der Waals surface area contributed by atoms with Gasteiger partial charge in [-0.25, -0.2) is 4.98 Å². The van der Waals surface area contributed by atoms with Gasteiger partial charge in [-0.2, -0.15) is 0 Å². The number of hydrogen-bond acceptors (Lipinski definition) is 5. The Morgan fingerprint density at radius 2 is 1.90 bits per heavy atom. The zero-order valence-corrected chi connectivity index (χ0v) is 20.1. The highest BCUT2D eigenvalue weighted by atomic mass is 32.1. The van der Waals surface area contributed by atoms with E-state index in [1.165, 1.54) is 15.3 Å². The molecule has 1 aliphatic heterocycles. The van der Waals surface area contributed by atoms with Crippen LogP contribution < -0.4 is 0 Å². The number of aromatic nitrogens is 1. The van der Waals surface area contributed by atoms with E-state index in [2.05, 4.69) is 70.4 Å². The number of rotatable bonds is 8. The van der Waals surface area contributed by atoms with Gasteiger partial charge in [-0.05, 0) is 63.9 Å². The van der Waals surface area contributed by atoms with E-state index in [1.807, 2.05) is 6.07 Å². The van der Waals surface area contributed by atoms with Crippen LogP contribution in [-0.2, 0) is 24.3 Å². The van der Waals surface area contributed by atoms with E-state index in [9.17, 15) is 4.79 Å². The number of thiophene rings is 1. The van der Waals surface area contributed by atoms with Gasteiger partial charge in [0.05, 0.1) is 17.2 Å². The predicted molar refractivity (Wildman–Crippen MR) is 129 cm³/mol. The molecule has 0 bridgehead atoms. The van der Waals surface area contributed by atoms with E-state index in [4.69, 9.17) is 0 Å². The van der Waals surface area contributed by atoms with Crippen LogP contribution in [0.25, 0.3) is 0 Å². The second-order valence-electron chi connectivity index (χ2n) is 8.42. The van der Waals surface area contributed by atoms with Crippen LogP contribution in [0.1, 0.15) is 38.9 Å². The van der Waals surface area contributed by atoms with Crippen molar-refractivity contribution in [3.8, 4) is 0 Å². The standard InChI is InChI=1S/C25H31N3OS2/c1-19-8-9-24(31-19)17-28(15-10-21-6-4-3-5-7-21)25(29)22-11-13-27(14-12-22)16-23-18-30-20(2)26-23/h3-9,18,22H,10-17H2,1-2H3. The molecular weight excluding hydrogens is 422 g/mol. The molecule has 164 valence electrons. The van der Waals surface area contributed by atoms with Crippen molar-refractivity contribution < 1.29 is 4.79 Å². The van der Waals surface area contributed by atoms with Crippen molar-refractivity contribution in [3.63, 3.8) is 0 Å². The minimum atomic E-state index is 0.130. The molecule has 0 saturated carbocycles. The highest BCUT2D eigenvalue weighted by molar-refractivity contribution is 7.11. The fraction of sp³-hybridized carbons (Fsp3) is 0.440. The fourth-order valence-corrected chi connectivity index (χ4v) is 5.75. The molecule has 3 aromatic rings. The average Bonchev–Trinajstić information content (AvgIpc) is 3.39. The maximum absolute atomic E-state index is 13.5. The van der Waals surface area contributed by atoms with Crippen molar-refractivity contribution >= 4 is 28.6 Å². The zero-order chi connectivity index (χ0) is 21.6. The van der Waals surface area contributed by atoms with Gasteiger partial charge in [0.25, 0.3) is 0 Å². The Morgan fingerprint density at radius 3 is 2.55 bits per heavy atom. The molecule has 0 aliphatic carbocycles. The third-order valence-electron chi connectivity index (χ3n) is 5.96. The lowest BCUT2D eigenvalue weighted by Gasteiger charge is -2.34. The first-order valence-electron chi connectivity index (χ1n) is 11.1. The molecule has 6 heteroatoms. The minimum Gasteiger partial charge on any atom is -0.337 e. The molecule has 1 amide bonds. The van der Waals surface area contributed by atoms with Crippen molar-refractivity contribution in [1.29, 1.82) is 0 Å². The molecule has 1 fully saturated rings. The van der Waals surface area contributed by atoms with Crippen LogP contribution in [0.2, 0.25) is 0 Å². The van der Waals surface area contributed by atoms with Crippen molar-refractivity contribution in [2.45, 2.75) is 46.2 Å². The maximum atomic E-state index is 13.5. The molecule has 31 heavy (non-hydrogen) atoms. The van der Waals surface area contributed by atoms with E-state index in [-0.39, 0.29) is 5.92 Å². The van der Waals surface area contributed by atoms with Crippen LogP contribution in [0.5, 0.6) is 0 Å². The van der Waals surface area contributed by atoms with Gasteiger partial charge < -0.3 is 4.90 Å². The van der Waals surface area contributed by atoms with Crippen LogP contribution in [0.3, 0.4) is 0 Å². The van der Waals surface area contributed by atoms with Gasteiger partial charge >= 0.3 is 0 Å². The van der Waals surface area contributed by atoms with Crippen LogP contribution in [0.4, 0.5) is 0 Å². The largest absolute Gasteiger partial charge is 0.337 e. The number of carbonyl (C=O) groups is 1. The number of piperidine rings is 1. The molecule has 4 nitrogen and oxygen atoms in total. The van der Waals surface area contributed by atoms with Crippen molar-refractivity contribution in [3.05, 3.63) is 73.9 Å². The summed E-state index contributed by atoms with van der Waals surface area (Å²) in [6, 6.07) is 14.8. The van der Waals surface area contributed by atoms with Crippen LogP contribution >= 0.6 is 22.7 Å². The SMILES string of the molecule is Cc1ccc(CN(CCc2ccccc2)C(=O)C2CCN(Cc3csc(C)n3)CC2)s1. The average molecular weight is 454 g/mol. The second kappa shape index (κ2) is 10.5. The van der Waals surface area contributed by atoms with Crippen molar-refractivity contribution in [2.75, 3.05) is 19.6 Å². The molecule has 0 N–H and O–H groups in total. The number of carbonyl (C=O) groups excluding carboxylic acids is 1. The van der Waals surface area contributed by atoms with E-state index >= 15 is 0 Å². The van der Waals surface area contributed by atoms with Crippen LogP contribution in [0, 0.1) is 19.8 Å². The van der Waals surface area contributed by atoms with Gasteiger partial charge in [-0.3, -0.25) is 9.69 Å². The molecule has 4 rings (SSSR count). The van der Waals surface area contributed by atoms with E-state index in [0.717, 1.165) is 62.7 Å². The van der Waals surface area contributed by atoms with Gasteiger partial charge in [-0.1, -0.05) is 30.3 Å². The lowest BCUT2D eigenvalue weighted by Crippen LogP contribution is -2.42. The Kier molecular flexibility index (Phi) is 7.54. The van der Waals surface area contributed by atoms with Gasteiger partial charge in [-0.15, -0.1) is 22.7 Å². The van der Waals surface area contributed by atoms with Gasteiger partial charge in [0.2, 0.25) is 5.91 Å². The molecular formula is C25H31N3OS2. The van der Waals surface area contributed by atoms with E-state index in [1.54, 1.807) is 22.7 Å². The summed E-state index contributed by atoms with van der Waals surface area (Å²) in [5, 5.41) is 3.28. The van der Waals surface area contributed by atoms with Crippen molar-refractivity contribution in [2.24, 2.45) is 5.92 Å². The summed E-state index contributed by atoms with van der Waals surface area (Å²) in [7, 11) is 0. The molecule has 1 saturated heterocycles. The molecule has 1 aliphatic rings. The summed E-state index contributed by atoms with van der Waals surface area (Å²) >= 11 is 3.51. The Morgan fingerprint density at radius 1 is 1.13 bits per heavy atom. The summed E-state index contributed by atoms with van der Waals surface area (Å²) in [4.78, 5) is 25.2. The minimum absolute atomic E-state index is 0.130. The monoisotopic (exact) mass is 453 g/mol. The highest BCUT2D eigenvalue weighted by Crippen LogP contribution is 2.24. The quantitative estimate of drug-likeness (QED) is 0.464. The Bertz CT molecular complexity index is 974. The summed E-state index contributed by atoms with van der Waals surface area (Å²) in [6.45, 7) is 8.52. The summed E-state index contributed by atoms with van der Waals surface area (Å²) in [6.07, 6.45) is 2.78. The Hall–Kier alpha value is -2.02. The number of likely N-dealkylation sites (tertiary alicyclic amines) is 1. The normalized spacial score (nSPS) is 15.3. The highest BCUT2D eigenvalue weighted by Gasteiger charge is 2.29. The third-order valence-corrected chi connectivity index (χ3v) is 7.76. The first kappa shape index (κ1) is 22.2. The zero-order valence-electron chi connectivity index (χ0n) is 18.4. The smallest absolute Gasteiger partial charge is 0.226 e. The predicted octanol–water partition coefficient (Wildman–Crippen LogP) is 5.30. The van der Waals surface area contributed by atoms with Gasteiger partial charge in [0.15, 0.2) is 0 Å². The molecule has 1 aromatic carbocycles. The number of thiazole rings is 1. The molecule has 0 unspecified atom stereocenters. The molecule has 0 radical (unpaired) electrons. The number of benzene rings is 1. The van der Waals surface area contributed by atoms with E-state index < -0.39 is 0 Å². The van der Waals surface area contributed by atoms with Crippen molar-refractivity contribution in [1.82, 2.24) is 14.8 Å². The fourth-order valence-electron chi connectivity index (χ4n) is 4.24. The molecule has 2 aromatic heterocycles. The molecule has 0 atom stereocenters. The van der Waals surface area contributed by atoms with Crippen LogP contribution in [0.15, 0.2) is 47.8 Å². The first-order valence-corrected chi connectivity index (χ1v) is 12.8. The summed E-state index contributed by atoms with van der Waals surface area (Å²) in [5.74, 6) is 0.455. The number of hydrogen-bond donors (Lipinski definition) is 0. The Balaban J connectivity index is 1.36. The lowest BCUT2D eigenvalue weighted by atomic mass is 9.95. The van der Waals surface area contributed by atoms with E-state index in [0.29, 0.717) is 5.91 Å². The third kappa shape index (κ3) is 6.25. The summed E-state index contributed by atoms with van der Waals surface area (Å²) < 4.78 is 0. The Labute approximate surface area is 193 Å². The summed E-state index contributed by atoms with van der Waals surface area (Å²) in [5.41, 5.74) is 2.45. The molecule has 0 spiro atoms. The van der Waals surface area contributed by atoms with Gasteiger partial charge in [0, 0.05) is 34.1 Å². The number of aryl methyl sites for hydroxylation is 2. The van der Waals surface area contributed by atoms with Gasteiger partial charge in [0.1, 0.15) is 0 Å². The first-order chi connectivity index (χ1) is 15.1. The number of amides is 1. The lowest BCUT2D eigenvalue weighted by molar-refractivity contribution is -0.137. The molecule has 3 heterocycles. The van der Waals surface area contributed by atoms with Crippen LogP contribution in [-0.4, -0.2) is 40.3 Å². The second-order valence-corrected chi connectivity index (χ2v) is 10.9. The topological polar surface area (TPSA) is 36.4 Å².